The van der Waals surface area contributed by atoms with Crippen LogP contribution in [0.1, 0.15) is 54.6 Å². The molecule has 0 saturated carbocycles. The molecule has 6 heteroatoms. The number of aromatic amines is 1. The van der Waals surface area contributed by atoms with Gasteiger partial charge in [-0.2, -0.15) is 16.4 Å². The van der Waals surface area contributed by atoms with Crippen molar-refractivity contribution in [3.8, 4) is 0 Å². The lowest BCUT2D eigenvalue weighted by atomic mass is 9.94. The van der Waals surface area contributed by atoms with E-state index in [1.165, 1.54) is 29.7 Å². The maximum atomic E-state index is 13.0. The Kier molecular flexibility index (Phi) is 5.70. The number of nitrogens with one attached hydrogen (secondary N) is 1. The molecule has 1 fully saturated rings. The van der Waals surface area contributed by atoms with E-state index >= 15 is 0 Å². The summed E-state index contributed by atoms with van der Waals surface area (Å²) in [5, 5.41) is 11.9. The summed E-state index contributed by atoms with van der Waals surface area (Å²) in [6.45, 7) is 2.21. The van der Waals surface area contributed by atoms with Crippen molar-refractivity contribution in [3.63, 3.8) is 0 Å². The van der Waals surface area contributed by atoms with Crippen LogP contribution in [0.4, 0.5) is 0 Å². The molecule has 4 rings (SSSR count). The van der Waals surface area contributed by atoms with E-state index in [0.29, 0.717) is 19.5 Å². The molecule has 140 valence electrons. The van der Waals surface area contributed by atoms with Gasteiger partial charge < -0.3 is 9.64 Å². The maximum absolute atomic E-state index is 13.0. The molecular formula is C20H27N3O2S. The molecule has 0 radical (unpaired) electrons. The highest BCUT2D eigenvalue weighted by molar-refractivity contribution is 7.07. The lowest BCUT2D eigenvalue weighted by Gasteiger charge is -2.25. The number of hydrogen-bond acceptors (Lipinski definition) is 4. The third-order valence-electron chi connectivity index (χ3n) is 5.47. The topological polar surface area (TPSA) is 58.2 Å². The van der Waals surface area contributed by atoms with Crippen LogP contribution in [0.2, 0.25) is 0 Å². The fourth-order valence-electron chi connectivity index (χ4n) is 4.03. The molecule has 1 aliphatic carbocycles. The van der Waals surface area contributed by atoms with Crippen LogP contribution in [0, 0.1) is 0 Å². The molecule has 1 amide bonds. The highest BCUT2D eigenvalue weighted by Gasteiger charge is 2.24. The Labute approximate surface area is 158 Å². The number of ether oxygens (including phenoxy) is 1. The van der Waals surface area contributed by atoms with Crippen molar-refractivity contribution >= 4 is 17.2 Å². The van der Waals surface area contributed by atoms with Gasteiger partial charge in [0.15, 0.2) is 0 Å². The van der Waals surface area contributed by atoms with Crippen molar-refractivity contribution in [2.24, 2.45) is 0 Å². The monoisotopic (exact) mass is 373 g/mol. The Hall–Kier alpha value is -1.66. The second-order valence-electron chi connectivity index (χ2n) is 7.38. The minimum Gasteiger partial charge on any atom is -0.376 e. The van der Waals surface area contributed by atoms with Crippen LogP contribution in [-0.4, -0.2) is 40.3 Å². The van der Waals surface area contributed by atoms with E-state index in [-0.39, 0.29) is 12.0 Å². The first-order valence-electron chi connectivity index (χ1n) is 9.75. The SMILES string of the molecule is O=C(CCc1n[nH]c2c1CCCC2)N(Cc1ccsc1)CC1CCCO1. The summed E-state index contributed by atoms with van der Waals surface area (Å²) in [6, 6.07) is 2.10. The van der Waals surface area contributed by atoms with Gasteiger partial charge in [0.05, 0.1) is 11.8 Å². The van der Waals surface area contributed by atoms with Gasteiger partial charge in [-0.15, -0.1) is 0 Å². The fourth-order valence-corrected chi connectivity index (χ4v) is 4.69. The summed E-state index contributed by atoms with van der Waals surface area (Å²) < 4.78 is 5.77. The number of carbonyl (C=O) groups excluding carboxylic acids is 1. The molecule has 0 bridgehead atoms. The number of carbonyl (C=O) groups is 1. The predicted octanol–water partition coefficient (Wildman–Crippen LogP) is 3.49. The molecule has 1 atom stereocenters. The quantitative estimate of drug-likeness (QED) is 0.808. The molecule has 0 aromatic carbocycles. The molecule has 1 saturated heterocycles. The van der Waals surface area contributed by atoms with E-state index in [1.807, 2.05) is 4.90 Å². The summed E-state index contributed by atoms with van der Waals surface area (Å²) in [5.41, 5.74) is 4.96. The average molecular weight is 374 g/mol. The van der Waals surface area contributed by atoms with E-state index in [2.05, 4.69) is 27.0 Å². The van der Waals surface area contributed by atoms with E-state index in [4.69, 9.17) is 4.74 Å². The van der Waals surface area contributed by atoms with Crippen LogP contribution in [0.25, 0.3) is 0 Å². The standard InChI is InChI=1S/C20H27N3O2S/c24-20(8-7-19-17-5-1-2-6-18(17)21-22-19)23(12-15-9-11-26-14-15)13-16-4-3-10-25-16/h9,11,14,16H,1-8,10,12-13H2,(H,21,22). The van der Waals surface area contributed by atoms with Crippen LogP contribution in [0.15, 0.2) is 16.8 Å². The molecule has 26 heavy (non-hydrogen) atoms. The summed E-state index contributed by atoms with van der Waals surface area (Å²) in [6.07, 6.45) is 8.27. The van der Waals surface area contributed by atoms with Crippen LogP contribution in [0.3, 0.4) is 0 Å². The molecule has 2 aromatic heterocycles. The number of aromatic nitrogens is 2. The van der Waals surface area contributed by atoms with Gasteiger partial charge in [-0.1, -0.05) is 0 Å². The summed E-state index contributed by atoms with van der Waals surface area (Å²) in [5.74, 6) is 0.208. The van der Waals surface area contributed by atoms with Gasteiger partial charge >= 0.3 is 0 Å². The molecule has 2 aromatic rings. The Morgan fingerprint density at radius 3 is 3.08 bits per heavy atom. The normalized spacial score (nSPS) is 19.5. The van der Waals surface area contributed by atoms with Gasteiger partial charge in [0.2, 0.25) is 5.91 Å². The molecule has 1 unspecified atom stereocenters. The Bertz CT molecular complexity index is 720. The largest absolute Gasteiger partial charge is 0.376 e. The molecule has 3 heterocycles. The number of amides is 1. The molecule has 5 nitrogen and oxygen atoms in total. The molecule has 1 aliphatic heterocycles. The van der Waals surface area contributed by atoms with Crippen molar-refractivity contribution in [1.29, 1.82) is 0 Å². The zero-order valence-corrected chi connectivity index (χ0v) is 16.0. The van der Waals surface area contributed by atoms with Crippen molar-refractivity contribution in [1.82, 2.24) is 15.1 Å². The van der Waals surface area contributed by atoms with Gasteiger partial charge in [-0.05, 0) is 66.5 Å². The second kappa shape index (κ2) is 8.35. The zero-order valence-electron chi connectivity index (χ0n) is 15.2. The average Bonchev–Trinajstić information content (AvgIpc) is 3.41. The van der Waals surface area contributed by atoms with Gasteiger partial charge in [-0.3, -0.25) is 9.89 Å². The van der Waals surface area contributed by atoms with Crippen LogP contribution < -0.4 is 0 Å². The van der Waals surface area contributed by atoms with E-state index in [9.17, 15) is 4.79 Å². The highest BCUT2D eigenvalue weighted by atomic mass is 32.1. The summed E-state index contributed by atoms with van der Waals surface area (Å²) in [7, 11) is 0. The summed E-state index contributed by atoms with van der Waals surface area (Å²) >= 11 is 1.68. The first-order chi connectivity index (χ1) is 12.8. The lowest BCUT2D eigenvalue weighted by Crippen LogP contribution is -2.37. The van der Waals surface area contributed by atoms with Crippen molar-refractivity contribution in [3.05, 3.63) is 39.3 Å². The summed E-state index contributed by atoms with van der Waals surface area (Å²) in [4.78, 5) is 14.9. The first kappa shape index (κ1) is 17.7. The minimum atomic E-state index is 0.190. The molecule has 0 spiro atoms. The Morgan fingerprint density at radius 2 is 2.27 bits per heavy atom. The first-order valence-corrected chi connectivity index (χ1v) is 10.7. The molecule has 2 aliphatic rings. The smallest absolute Gasteiger partial charge is 0.223 e. The highest BCUT2D eigenvalue weighted by Crippen LogP contribution is 2.23. The Balaban J connectivity index is 1.39. The third-order valence-corrected chi connectivity index (χ3v) is 6.20. The lowest BCUT2D eigenvalue weighted by molar-refractivity contribution is -0.133. The third kappa shape index (κ3) is 4.18. The molecular weight excluding hydrogens is 346 g/mol. The number of fused-ring (bicyclic) bond motifs is 1. The van der Waals surface area contributed by atoms with Crippen molar-refractivity contribution in [2.75, 3.05) is 13.2 Å². The van der Waals surface area contributed by atoms with E-state index < -0.39 is 0 Å². The van der Waals surface area contributed by atoms with Crippen molar-refractivity contribution < 1.29 is 9.53 Å². The maximum Gasteiger partial charge on any atom is 0.223 e. The number of H-pyrrole nitrogens is 1. The van der Waals surface area contributed by atoms with Crippen molar-refractivity contribution in [2.45, 2.75) is 64.0 Å². The Morgan fingerprint density at radius 1 is 1.35 bits per heavy atom. The van der Waals surface area contributed by atoms with Crippen LogP contribution >= 0.6 is 11.3 Å². The number of aryl methyl sites for hydroxylation is 2. The fraction of sp³-hybridized carbons (Fsp3) is 0.600. The van der Waals surface area contributed by atoms with Crippen LogP contribution in [0.5, 0.6) is 0 Å². The van der Waals surface area contributed by atoms with Crippen LogP contribution in [-0.2, 0) is 35.3 Å². The minimum absolute atomic E-state index is 0.190. The van der Waals surface area contributed by atoms with Gasteiger partial charge in [0, 0.05) is 38.2 Å². The number of nitrogens with zero attached hydrogens (tertiary/aromatic N) is 2. The van der Waals surface area contributed by atoms with Gasteiger partial charge in [0.25, 0.3) is 0 Å². The second-order valence-corrected chi connectivity index (χ2v) is 8.16. The number of thiophene rings is 1. The van der Waals surface area contributed by atoms with Gasteiger partial charge in [0.1, 0.15) is 0 Å². The predicted molar refractivity (Wildman–Crippen MR) is 102 cm³/mol. The molecule has 1 N–H and O–H groups in total. The number of rotatable bonds is 7. The van der Waals surface area contributed by atoms with E-state index in [1.54, 1.807) is 11.3 Å². The number of hydrogen-bond donors (Lipinski definition) is 1. The zero-order chi connectivity index (χ0) is 17.8. The van der Waals surface area contributed by atoms with E-state index in [0.717, 1.165) is 44.4 Å². The van der Waals surface area contributed by atoms with Gasteiger partial charge in [-0.25, -0.2) is 0 Å².